The Morgan fingerprint density at radius 2 is 1.32 bits per heavy atom. The molecular weight excluding hydrogens is 336 g/mol. The summed E-state index contributed by atoms with van der Waals surface area (Å²) in [5.41, 5.74) is 0.332. The van der Waals surface area contributed by atoms with Crippen molar-refractivity contribution < 1.29 is 19.8 Å². The Morgan fingerprint density at radius 1 is 0.680 bits per heavy atom. The molecule has 2 N–H and O–H groups in total. The zero-order valence-electron chi connectivity index (χ0n) is 13.0. The van der Waals surface area contributed by atoms with Crippen LogP contribution in [0.2, 0.25) is 0 Å². The number of hydrogen-bond acceptors (Lipinski definition) is 3. The van der Waals surface area contributed by atoms with Crippen LogP contribution in [0, 0.1) is 0 Å². The molecular formula is C20H14O4S. The number of fused-ring (bicyclic) bond motifs is 2. The second-order valence-corrected chi connectivity index (χ2v) is 6.40. The van der Waals surface area contributed by atoms with Gasteiger partial charge in [0.1, 0.15) is 4.88 Å². The summed E-state index contributed by atoms with van der Waals surface area (Å²) < 4.78 is 1.02. The van der Waals surface area contributed by atoms with Gasteiger partial charge in [0.15, 0.2) is 0 Å². The second kappa shape index (κ2) is 7.15. The van der Waals surface area contributed by atoms with Crippen LogP contribution in [-0.4, -0.2) is 22.2 Å². The van der Waals surface area contributed by atoms with Crippen molar-refractivity contribution in [1.29, 1.82) is 0 Å². The van der Waals surface area contributed by atoms with E-state index in [1.807, 2.05) is 54.6 Å². The van der Waals surface area contributed by atoms with Gasteiger partial charge >= 0.3 is 11.9 Å². The quantitative estimate of drug-likeness (QED) is 0.525. The summed E-state index contributed by atoms with van der Waals surface area (Å²) in [6.07, 6.45) is 0. The van der Waals surface area contributed by atoms with Crippen LogP contribution in [0.4, 0.5) is 0 Å². The second-order valence-electron chi connectivity index (χ2n) is 5.32. The van der Waals surface area contributed by atoms with Crippen LogP contribution in [0.25, 0.3) is 20.9 Å². The van der Waals surface area contributed by atoms with Crippen LogP contribution in [0.1, 0.15) is 20.0 Å². The Labute approximate surface area is 147 Å². The van der Waals surface area contributed by atoms with Gasteiger partial charge in [-0.2, -0.15) is 0 Å². The van der Waals surface area contributed by atoms with Crippen LogP contribution >= 0.6 is 11.3 Å². The van der Waals surface area contributed by atoms with Gasteiger partial charge < -0.3 is 10.2 Å². The number of carbonyl (C=O) groups is 2. The topological polar surface area (TPSA) is 74.6 Å². The van der Waals surface area contributed by atoms with Gasteiger partial charge in [0, 0.05) is 4.70 Å². The number of hydrogen-bond donors (Lipinski definition) is 2. The van der Waals surface area contributed by atoms with Gasteiger partial charge in [0.05, 0.1) is 5.56 Å². The van der Waals surface area contributed by atoms with Crippen molar-refractivity contribution >= 4 is 44.1 Å². The van der Waals surface area contributed by atoms with Crippen molar-refractivity contribution in [3.63, 3.8) is 0 Å². The molecule has 0 aliphatic rings. The fraction of sp³-hybridized carbons (Fsp3) is 0. The third-order valence-electron chi connectivity index (χ3n) is 3.63. The molecule has 0 atom stereocenters. The van der Waals surface area contributed by atoms with Crippen LogP contribution < -0.4 is 0 Å². The predicted molar refractivity (Wildman–Crippen MR) is 99.7 cm³/mol. The van der Waals surface area contributed by atoms with E-state index in [2.05, 4.69) is 0 Å². The van der Waals surface area contributed by atoms with Crippen molar-refractivity contribution in [1.82, 2.24) is 0 Å². The van der Waals surface area contributed by atoms with Crippen molar-refractivity contribution in [2.24, 2.45) is 0 Å². The SMILES string of the molecule is O=C(O)c1cc2ccccc2s1.O=C(O)c1ccc2ccccc2c1. The van der Waals surface area contributed by atoms with Crippen LogP contribution in [0.15, 0.2) is 72.8 Å². The van der Waals surface area contributed by atoms with E-state index in [9.17, 15) is 9.59 Å². The molecule has 124 valence electrons. The van der Waals surface area contributed by atoms with E-state index < -0.39 is 11.9 Å². The average molecular weight is 350 g/mol. The first kappa shape index (κ1) is 16.7. The van der Waals surface area contributed by atoms with Crippen molar-refractivity contribution in [2.45, 2.75) is 0 Å². The predicted octanol–water partition coefficient (Wildman–Crippen LogP) is 5.14. The van der Waals surface area contributed by atoms with E-state index in [0.717, 1.165) is 20.9 Å². The summed E-state index contributed by atoms with van der Waals surface area (Å²) in [5.74, 6) is -1.73. The number of carboxylic acids is 2. The summed E-state index contributed by atoms with van der Waals surface area (Å²) in [6, 6.07) is 22.2. The van der Waals surface area contributed by atoms with Gasteiger partial charge in [-0.25, -0.2) is 9.59 Å². The number of carboxylic acid groups (broad SMARTS) is 2. The lowest BCUT2D eigenvalue weighted by Crippen LogP contribution is -1.94. The lowest BCUT2D eigenvalue weighted by Gasteiger charge is -1.98. The molecule has 0 saturated carbocycles. The largest absolute Gasteiger partial charge is 0.478 e. The van der Waals surface area contributed by atoms with Crippen molar-refractivity contribution in [3.05, 3.63) is 83.2 Å². The zero-order chi connectivity index (χ0) is 17.8. The van der Waals surface area contributed by atoms with E-state index in [1.54, 1.807) is 18.2 Å². The highest BCUT2D eigenvalue weighted by Gasteiger charge is 2.06. The third kappa shape index (κ3) is 3.84. The fourth-order valence-corrected chi connectivity index (χ4v) is 3.31. The monoisotopic (exact) mass is 350 g/mol. The van der Waals surface area contributed by atoms with Crippen LogP contribution in [0.3, 0.4) is 0 Å². The molecule has 4 aromatic rings. The summed E-state index contributed by atoms with van der Waals surface area (Å²) in [4.78, 5) is 21.6. The Hall–Kier alpha value is -3.18. The first-order valence-corrected chi connectivity index (χ1v) is 8.30. The third-order valence-corrected chi connectivity index (χ3v) is 4.74. The molecule has 0 aliphatic heterocycles. The molecule has 5 heteroatoms. The maximum Gasteiger partial charge on any atom is 0.345 e. The Bertz CT molecular complexity index is 1030. The van der Waals surface area contributed by atoms with E-state index in [0.29, 0.717) is 10.4 Å². The molecule has 0 amide bonds. The molecule has 4 rings (SSSR count). The molecule has 1 heterocycles. The molecule has 0 radical (unpaired) electrons. The Kier molecular flexibility index (Phi) is 4.77. The standard InChI is InChI=1S/C11H8O2.C9H6O2S/c12-11(13)10-6-5-8-3-1-2-4-9(8)7-10;10-9(11)8-5-6-3-1-2-4-7(6)12-8/h1-7H,(H,12,13);1-5H,(H,10,11). The number of rotatable bonds is 2. The maximum atomic E-state index is 10.6. The minimum absolute atomic E-state index is 0.332. The minimum atomic E-state index is -0.884. The first-order valence-electron chi connectivity index (χ1n) is 7.48. The molecule has 0 spiro atoms. The highest BCUT2D eigenvalue weighted by atomic mass is 32.1. The zero-order valence-corrected chi connectivity index (χ0v) is 13.9. The van der Waals surface area contributed by atoms with Crippen LogP contribution in [-0.2, 0) is 0 Å². The van der Waals surface area contributed by atoms with Gasteiger partial charge in [-0.1, -0.05) is 48.5 Å². The highest BCUT2D eigenvalue weighted by molar-refractivity contribution is 7.20. The lowest BCUT2D eigenvalue weighted by molar-refractivity contribution is 0.0688. The molecule has 1 aromatic heterocycles. The molecule has 0 fully saturated rings. The smallest absolute Gasteiger partial charge is 0.345 e. The van der Waals surface area contributed by atoms with E-state index in [4.69, 9.17) is 10.2 Å². The summed E-state index contributed by atoms with van der Waals surface area (Å²) in [5, 5.41) is 20.5. The Morgan fingerprint density at radius 3 is 1.96 bits per heavy atom. The normalized spacial score (nSPS) is 10.2. The van der Waals surface area contributed by atoms with Crippen molar-refractivity contribution in [3.8, 4) is 0 Å². The average Bonchev–Trinajstić information content (AvgIpc) is 3.06. The maximum absolute atomic E-state index is 10.6. The molecule has 3 aromatic carbocycles. The van der Waals surface area contributed by atoms with Crippen molar-refractivity contribution in [2.75, 3.05) is 0 Å². The summed E-state index contributed by atoms with van der Waals surface area (Å²) in [7, 11) is 0. The molecule has 0 bridgehead atoms. The fourth-order valence-electron chi connectivity index (χ4n) is 2.41. The summed E-state index contributed by atoms with van der Waals surface area (Å²) in [6.45, 7) is 0. The van der Waals surface area contributed by atoms with Gasteiger partial charge in [-0.05, 0) is 40.4 Å². The molecule has 0 aliphatic carbocycles. The van der Waals surface area contributed by atoms with Gasteiger partial charge in [0.25, 0.3) is 0 Å². The lowest BCUT2D eigenvalue weighted by atomic mass is 10.1. The number of aromatic carboxylic acids is 2. The molecule has 25 heavy (non-hydrogen) atoms. The molecule has 4 nitrogen and oxygen atoms in total. The van der Waals surface area contributed by atoms with E-state index in [1.165, 1.54) is 11.3 Å². The van der Waals surface area contributed by atoms with E-state index >= 15 is 0 Å². The van der Waals surface area contributed by atoms with Crippen LogP contribution in [0.5, 0.6) is 0 Å². The van der Waals surface area contributed by atoms with E-state index in [-0.39, 0.29) is 0 Å². The summed E-state index contributed by atoms with van der Waals surface area (Å²) >= 11 is 1.31. The first-order chi connectivity index (χ1) is 12.0. The number of thiophene rings is 1. The molecule has 0 unspecified atom stereocenters. The molecule has 0 saturated heterocycles. The highest BCUT2D eigenvalue weighted by Crippen LogP contribution is 2.24. The number of benzene rings is 3. The van der Waals surface area contributed by atoms with Gasteiger partial charge in [-0.3, -0.25) is 0 Å². The van der Waals surface area contributed by atoms with Gasteiger partial charge in [0.2, 0.25) is 0 Å². The minimum Gasteiger partial charge on any atom is -0.478 e. The Balaban J connectivity index is 0.000000146. The van der Waals surface area contributed by atoms with Gasteiger partial charge in [-0.15, -0.1) is 11.3 Å².